The van der Waals surface area contributed by atoms with E-state index in [0.29, 0.717) is 0 Å². The van der Waals surface area contributed by atoms with Crippen molar-refractivity contribution in [3.05, 3.63) is 196 Å². The molecule has 0 saturated carbocycles. The standard InChI is InChI=1S/C48H32ClNS/c1-47(2)39-17-9-6-14-33(39)35-24-21-31(27-41(35)47)50(30-12-4-3-5-13-30)32-22-25-36-34-15-7-10-18-40(34)48(43(36)28-32)42-26-29(49)20-23-37(42)46-45(48)38-16-8-11-19-44(38)51-46/h3-28H,1-2H3. The molecule has 0 saturated heterocycles. The molecular formula is C48H32ClNS. The van der Waals surface area contributed by atoms with E-state index in [4.69, 9.17) is 11.6 Å². The largest absolute Gasteiger partial charge is 0.310 e. The summed E-state index contributed by atoms with van der Waals surface area (Å²) in [7, 11) is 0. The van der Waals surface area contributed by atoms with E-state index in [1.807, 2.05) is 11.3 Å². The zero-order chi connectivity index (χ0) is 34.1. The van der Waals surface area contributed by atoms with Gasteiger partial charge in [0, 0.05) is 37.1 Å². The molecule has 1 heterocycles. The average molecular weight is 690 g/mol. The highest BCUT2D eigenvalue weighted by Gasteiger charge is 2.53. The Morgan fingerprint density at radius 2 is 1.04 bits per heavy atom. The summed E-state index contributed by atoms with van der Waals surface area (Å²) in [6.45, 7) is 4.71. The maximum absolute atomic E-state index is 6.91. The van der Waals surface area contributed by atoms with Gasteiger partial charge in [-0.15, -0.1) is 11.3 Å². The molecule has 8 aromatic rings. The Hall–Kier alpha value is -5.41. The summed E-state index contributed by atoms with van der Waals surface area (Å²) in [5.74, 6) is 0. The lowest BCUT2D eigenvalue weighted by molar-refractivity contribution is 0.660. The van der Waals surface area contributed by atoms with Crippen molar-refractivity contribution in [3.8, 4) is 32.7 Å². The lowest BCUT2D eigenvalue weighted by Crippen LogP contribution is -2.26. The van der Waals surface area contributed by atoms with Gasteiger partial charge in [0.25, 0.3) is 0 Å². The van der Waals surface area contributed by atoms with Gasteiger partial charge in [-0.1, -0.05) is 129 Å². The van der Waals surface area contributed by atoms with Gasteiger partial charge < -0.3 is 4.90 Å². The van der Waals surface area contributed by atoms with Gasteiger partial charge in [-0.05, 0) is 121 Å². The molecule has 0 radical (unpaired) electrons. The number of anilines is 3. The van der Waals surface area contributed by atoms with E-state index in [1.54, 1.807) is 0 Å². The molecule has 1 atom stereocenters. The van der Waals surface area contributed by atoms with Crippen LogP contribution in [0.15, 0.2) is 158 Å². The predicted octanol–water partition coefficient (Wildman–Crippen LogP) is 13.7. The minimum atomic E-state index is -0.499. The monoisotopic (exact) mass is 689 g/mol. The number of hydrogen-bond acceptors (Lipinski definition) is 2. The van der Waals surface area contributed by atoms with E-state index in [9.17, 15) is 0 Å². The van der Waals surface area contributed by atoms with Gasteiger partial charge in [-0.2, -0.15) is 0 Å². The van der Waals surface area contributed by atoms with Gasteiger partial charge in [0.05, 0.1) is 5.41 Å². The molecule has 1 spiro atoms. The Morgan fingerprint density at radius 3 is 1.82 bits per heavy atom. The summed E-state index contributed by atoms with van der Waals surface area (Å²) in [6.07, 6.45) is 0. The summed E-state index contributed by atoms with van der Waals surface area (Å²) >= 11 is 8.81. The second-order valence-corrected chi connectivity index (χ2v) is 16.1. The van der Waals surface area contributed by atoms with Crippen LogP contribution >= 0.6 is 22.9 Å². The fourth-order valence-corrected chi connectivity index (χ4v) is 11.1. The lowest BCUT2D eigenvalue weighted by Gasteiger charge is -2.32. The molecule has 3 aliphatic rings. The topological polar surface area (TPSA) is 3.24 Å². The van der Waals surface area contributed by atoms with Gasteiger partial charge in [0.1, 0.15) is 0 Å². The third-order valence-corrected chi connectivity index (χ3v) is 13.2. The van der Waals surface area contributed by atoms with E-state index in [-0.39, 0.29) is 5.41 Å². The van der Waals surface area contributed by atoms with Crippen LogP contribution in [0.4, 0.5) is 17.1 Å². The Bertz CT molecular complexity index is 2760. The minimum absolute atomic E-state index is 0.100. The zero-order valence-corrected chi connectivity index (χ0v) is 29.8. The fraction of sp³-hybridized carbons (Fsp3) is 0.0833. The molecule has 0 bridgehead atoms. The molecular weight excluding hydrogens is 658 g/mol. The van der Waals surface area contributed by atoms with Crippen molar-refractivity contribution < 1.29 is 0 Å². The third-order valence-electron chi connectivity index (χ3n) is 11.7. The smallest absolute Gasteiger partial charge is 0.0741 e. The highest BCUT2D eigenvalue weighted by molar-refractivity contribution is 7.22. The van der Waals surface area contributed by atoms with Crippen molar-refractivity contribution in [3.63, 3.8) is 0 Å². The molecule has 1 nitrogen and oxygen atoms in total. The highest BCUT2D eigenvalue weighted by Crippen LogP contribution is 2.66. The first-order chi connectivity index (χ1) is 25.0. The molecule has 0 N–H and O–H groups in total. The van der Waals surface area contributed by atoms with Crippen molar-refractivity contribution in [2.45, 2.75) is 24.7 Å². The van der Waals surface area contributed by atoms with Gasteiger partial charge in [-0.3, -0.25) is 0 Å². The van der Waals surface area contributed by atoms with Crippen LogP contribution in [-0.2, 0) is 10.8 Å². The number of thiophene rings is 1. The van der Waals surface area contributed by atoms with Crippen molar-refractivity contribution in [2.24, 2.45) is 0 Å². The van der Waals surface area contributed by atoms with E-state index >= 15 is 0 Å². The molecule has 242 valence electrons. The molecule has 3 heteroatoms. The molecule has 0 fully saturated rings. The summed E-state index contributed by atoms with van der Waals surface area (Å²) in [6, 6.07) is 58.4. The van der Waals surface area contributed by atoms with E-state index in [0.717, 1.165) is 22.1 Å². The number of benzene rings is 7. The highest BCUT2D eigenvalue weighted by atomic mass is 35.5. The van der Waals surface area contributed by atoms with Crippen LogP contribution < -0.4 is 4.90 Å². The molecule has 51 heavy (non-hydrogen) atoms. The van der Waals surface area contributed by atoms with Crippen LogP contribution in [0.1, 0.15) is 47.2 Å². The predicted molar refractivity (Wildman–Crippen MR) is 215 cm³/mol. The summed E-state index contributed by atoms with van der Waals surface area (Å²) in [5.41, 5.74) is 17.4. The number of nitrogens with zero attached hydrogens (tertiary/aromatic N) is 1. The van der Waals surface area contributed by atoms with Crippen molar-refractivity contribution in [1.82, 2.24) is 0 Å². The van der Waals surface area contributed by atoms with Crippen molar-refractivity contribution in [2.75, 3.05) is 4.90 Å². The van der Waals surface area contributed by atoms with Crippen LogP contribution in [0.3, 0.4) is 0 Å². The maximum Gasteiger partial charge on any atom is 0.0741 e. The number of para-hydroxylation sites is 1. The zero-order valence-electron chi connectivity index (χ0n) is 28.2. The second kappa shape index (κ2) is 10.3. The van der Waals surface area contributed by atoms with Crippen LogP contribution in [0.5, 0.6) is 0 Å². The quantitative estimate of drug-likeness (QED) is 0.178. The molecule has 0 aliphatic heterocycles. The lowest BCUT2D eigenvalue weighted by atomic mass is 9.70. The van der Waals surface area contributed by atoms with Gasteiger partial charge in [0.15, 0.2) is 0 Å². The maximum atomic E-state index is 6.91. The summed E-state index contributed by atoms with van der Waals surface area (Å²) in [4.78, 5) is 3.79. The van der Waals surface area contributed by atoms with Gasteiger partial charge in [0.2, 0.25) is 0 Å². The molecule has 1 unspecified atom stereocenters. The van der Waals surface area contributed by atoms with Crippen LogP contribution in [-0.4, -0.2) is 0 Å². The molecule has 7 aromatic carbocycles. The third kappa shape index (κ3) is 3.76. The van der Waals surface area contributed by atoms with E-state index < -0.39 is 5.41 Å². The Labute approximate surface area is 307 Å². The first-order valence-corrected chi connectivity index (χ1v) is 18.8. The molecule has 1 aromatic heterocycles. The fourth-order valence-electron chi connectivity index (χ4n) is 9.59. The number of rotatable bonds is 3. The Kier molecular flexibility index (Phi) is 5.94. The normalized spacial score (nSPS) is 16.8. The van der Waals surface area contributed by atoms with E-state index in [2.05, 4.69) is 176 Å². The molecule has 3 aliphatic carbocycles. The van der Waals surface area contributed by atoms with Gasteiger partial charge in [-0.25, -0.2) is 0 Å². The Balaban J connectivity index is 1.20. The van der Waals surface area contributed by atoms with Crippen LogP contribution in [0.25, 0.3) is 42.8 Å². The van der Waals surface area contributed by atoms with Crippen molar-refractivity contribution >= 4 is 50.1 Å². The van der Waals surface area contributed by atoms with Crippen LogP contribution in [0.2, 0.25) is 5.02 Å². The first kappa shape index (κ1) is 29.3. The average Bonchev–Trinajstić information content (AvgIpc) is 3.84. The SMILES string of the molecule is CC1(C)c2ccccc2-c2ccc(N(c3ccccc3)c3ccc4c(c3)C3(c5ccccc5-4)c4cc(Cl)ccc4-c4sc5ccccc5c43)cc21. The number of hydrogen-bond donors (Lipinski definition) is 0. The number of halogens is 1. The van der Waals surface area contributed by atoms with Crippen LogP contribution in [0, 0.1) is 0 Å². The summed E-state index contributed by atoms with van der Waals surface area (Å²) in [5, 5.41) is 2.08. The Morgan fingerprint density at radius 1 is 0.471 bits per heavy atom. The second-order valence-electron chi connectivity index (χ2n) is 14.6. The molecule has 11 rings (SSSR count). The molecule has 0 amide bonds. The van der Waals surface area contributed by atoms with Crippen molar-refractivity contribution in [1.29, 1.82) is 0 Å². The van der Waals surface area contributed by atoms with E-state index in [1.165, 1.54) is 76.2 Å². The number of fused-ring (bicyclic) bond motifs is 15. The first-order valence-electron chi connectivity index (χ1n) is 17.6. The summed E-state index contributed by atoms with van der Waals surface area (Å²) < 4.78 is 1.32. The minimum Gasteiger partial charge on any atom is -0.310 e. The van der Waals surface area contributed by atoms with Gasteiger partial charge >= 0.3 is 0 Å².